The molecule has 5 rings (SSSR count). The lowest BCUT2D eigenvalue weighted by Gasteiger charge is -2.04. The second-order valence-corrected chi connectivity index (χ2v) is 7.93. The Morgan fingerprint density at radius 1 is 1.10 bits per heavy atom. The van der Waals surface area contributed by atoms with Gasteiger partial charge in [0.05, 0.1) is 28.5 Å². The standard InChI is InChI=1S/C23H17N3O4S/c27-21-12-16(25-23-26(21)17-8-4-5-9-19(17)31-23)14-29-22(28)11-10-20-24-13-18(30-20)15-6-2-1-3-7-15/h1-9,12-13H,10-11,14H2. The highest BCUT2D eigenvalue weighted by molar-refractivity contribution is 7.23. The Kier molecular flexibility index (Phi) is 5.05. The summed E-state index contributed by atoms with van der Waals surface area (Å²) >= 11 is 1.42. The van der Waals surface area contributed by atoms with E-state index >= 15 is 0 Å². The van der Waals surface area contributed by atoms with Crippen LogP contribution in [-0.4, -0.2) is 20.3 Å². The van der Waals surface area contributed by atoms with Crippen LogP contribution < -0.4 is 5.56 Å². The highest BCUT2D eigenvalue weighted by Gasteiger charge is 2.12. The average Bonchev–Trinajstić information content (AvgIpc) is 3.41. The van der Waals surface area contributed by atoms with Crippen LogP contribution in [0.2, 0.25) is 0 Å². The number of benzene rings is 2. The topological polar surface area (TPSA) is 86.7 Å². The van der Waals surface area contributed by atoms with Gasteiger partial charge in [-0.15, -0.1) is 0 Å². The first-order valence-electron chi connectivity index (χ1n) is 9.73. The van der Waals surface area contributed by atoms with Crippen molar-refractivity contribution in [2.75, 3.05) is 0 Å². The number of fused-ring (bicyclic) bond motifs is 3. The van der Waals surface area contributed by atoms with Crippen molar-refractivity contribution >= 4 is 32.5 Å². The lowest BCUT2D eigenvalue weighted by atomic mass is 10.2. The number of carbonyl (C=O) groups excluding carboxylic acids is 1. The second kappa shape index (κ2) is 8.16. The van der Waals surface area contributed by atoms with Gasteiger partial charge in [-0.05, 0) is 12.1 Å². The number of hydrogen-bond acceptors (Lipinski definition) is 7. The monoisotopic (exact) mass is 431 g/mol. The molecule has 5 aromatic rings. The predicted octanol–water partition coefficient (Wildman–Crippen LogP) is 4.24. The summed E-state index contributed by atoms with van der Waals surface area (Å²) in [6.45, 7) is -0.0559. The number of aryl methyl sites for hydroxylation is 1. The largest absolute Gasteiger partial charge is 0.459 e. The highest BCUT2D eigenvalue weighted by atomic mass is 32.1. The molecule has 0 unspecified atom stereocenters. The van der Waals surface area contributed by atoms with E-state index in [1.165, 1.54) is 17.4 Å². The van der Waals surface area contributed by atoms with E-state index in [2.05, 4.69) is 9.97 Å². The number of hydrogen-bond donors (Lipinski definition) is 0. The third-order valence-corrected chi connectivity index (χ3v) is 5.81. The summed E-state index contributed by atoms with van der Waals surface area (Å²) in [4.78, 5) is 33.9. The number of ether oxygens (including phenoxy) is 1. The van der Waals surface area contributed by atoms with Gasteiger partial charge in [0.1, 0.15) is 6.61 Å². The van der Waals surface area contributed by atoms with Crippen molar-refractivity contribution in [3.8, 4) is 11.3 Å². The highest BCUT2D eigenvalue weighted by Crippen LogP contribution is 2.23. The van der Waals surface area contributed by atoms with E-state index in [4.69, 9.17) is 9.15 Å². The van der Waals surface area contributed by atoms with Crippen LogP contribution in [0.5, 0.6) is 0 Å². The molecule has 0 saturated carbocycles. The van der Waals surface area contributed by atoms with E-state index in [9.17, 15) is 9.59 Å². The maximum atomic E-state index is 12.5. The smallest absolute Gasteiger partial charge is 0.306 e. The van der Waals surface area contributed by atoms with Crippen LogP contribution in [0.3, 0.4) is 0 Å². The number of oxazole rings is 1. The van der Waals surface area contributed by atoms with Crippen molar-refractivity contribution in [2.24, 2.45) is 0 Å². The number of thiazole rings is 1. The minimum atomic E-state index is -0.405. The molecular weight excluding hydrogens is 414 g/mol. The molecule has 0 bridgehead atoms. The van der Waals surface area contributed by atoms with Crippen LogP contribution in [0.15, 0.2) is 76.1 Å². The SMILES string of the molecule is O=C(CCc1ncc(-c2ccccc2)o1)OCc1cc(=O)n2c(n1)sc1ccccc12. The van der Waals surface area contributed by atoms with Crippen LogP contribution in [-0.2, 0) is 22.6 Å². The Morgan fingerprint density at radius 2 is 1.90 bits per heavy atom. The fourth-order valence-electron chi connectivity index (χ4n) is 3.29. The molecule has 31 heavy (non-hydrogen) atoms. The predicted molar refractivity (Wildman–Crippen MR) is 117 cm³/mol. The summed E-state index contributed by atoms with van der Waals surface area (Å²) in [5.41, 5.74) is 1.98. The molecule has 0 amide bonds. The summed E-state index contributed by atoms with van der Waals surface area (Å²) in [5, 5.41) is 0. The zero-order valence-electron chi connectivity index (χ0n) is 16.4. The van der Waals surface area contributed by atoms with E-state index in [-0.39, 0.29) is 18.6 Å². The van der Waals surface area contributed by atoms with Gasteiger partial charge in [0.15, 0.2) is 16.6 Å². The molecule has 0 aliphatic carbocycles. The summed E-state index contributed by atoms with van der Waals surface area (Å²) in [6, 6.07) is 18.7. The van der Waals surface area contributed by atoms with Gasteiger partial charge >= 0.3 is 5.97 Å². The maximum absolute atomic E-state index is 12.5. The molecular formula is C23H17N3O4S. The normalized spacial score (nSPS) is 11.2. The van der Waals surface area contributed by atoms with Gasteiger partial charge in [-0.3, -0.25) is 14.0 Å². The first-order valence-corrected chi connectivity index (χ1v) is 10.5. The minimum Gasteiger partial charge on any atom is -0.459 e. The zero-order valence-corrected chi connectivity index (χ0v) is 17.2. The molecule has 0 N–H and O–H groups in total. The molecule has 0 aliphatic heterocycles. The molecule has 3 heterocycles. The Bertz CT molecular complexity index is 1440. The first kappa shape index (κ1) is 19.2. The number of esters is 1. The molecule has 7 nitrogen and oxygen atoms in total. The molecule has 0 spiro atoms. The van der Waals surface area contributed by atoms with Gasteiger partial charge in [-0.1, -0.05) is 53.8 Å². The van der Waals surface area contributed by atoms with E-state index < -0.39 is 5.97 Å². The number of nitrogens with zero attached hydrogens (tertiary/aromatic N) is 3. The second-order valence-electron chi connectivity index (χ2n) is 6.92. The van der Waals surface area contributed by atoms with Crippen molar-refractivity contribution in [2.45, 2.75) is 19.4 Å². The Labute approximate surface area is 180 Å². The fraction of sp³-hybridized carbons (Fsp3) is 0.130. The van der Waals surface area contributed by atoms with Crippen molar-refractivity contribution in [3.63, 3.8) is 0 Å². The molecule has 0 aliphatic rings. The fourth-order valence-corrected chi connectivity index (χ4v) is 4.34. The number of para-hydroxylation sites is 1. The van der Waals surface area contributed by atoms with Crippen LogP contribution in [0.4, 0.5) is 0 Å². The van der Waals surface area contributed by atoms with E-state index in [0.29, 0.717) is 28.7 Å². The summed E-state index contributed by atoms with van der Waals surface area (Å²) in [5.74, 6) is 0.724. The summed E-state index contributed by atoms with van der Waals surface area (Å²) < 4.78 is 13.5. The van der Waals surface area contributed by atoms with E-state index in [1.54, 1.807) is 10.6 Å². The molecule has 2 aromatic carbocycles. The van der Waals surface area contributed by atoms with Crippen molar-refractivity contribution < 1.29 is 13.9 Å². The lowest BCUT2D eigenvalue weighted by molar-refractivity contribution is -0.145. The van der Waals surface area contributed by atoms with Crippen molar-refractivity contribution in [1.82, 2.24) is 14.4 Å². The van der Waals surface area contributed by atoms with Gasteiger partial charge in [0.25, 0.3) is 5.56 Å². The van der Waals surface area contributed by atoms with Crippen LogP contribution in [0.1, 0.15) is 18.0 Å². The Morgan fingerprint density at radius 3 is 2.77 bits per heavy atom. The van der Waals surface area contributed by atoms with Gasteiger partial charge in [-0.2, -0.15) is 0 Å². The molecule has 0 radical (unpaired) electrons. The van der Waals surface area contributed by atoms with Gasteiger partial charge < -0.3 is 9.15 Å². The van der Waals surface area contributed by atoms with Crippen molar-refractivity contribution in [3.05, 3.63) is 88.8 Å². The molecule has 0 fully saturated rings. The van der Waals surface area contributed by atoms with Crippen LogP contribution in [0.25, 0.3) is 26.5 Å². The van der Waals surface area contributed by atoms with E-state index in [0.717, 1.165) is 15.8 Å². The maximum Gasteiger partial charge on any atom is 0.306 e. The lowest BCUT2D eigenvalue weighted by Crippen LogP contribution is -2.15. The minimum absolute atomic E-state index is 0.0559. The van der Waals surface area contributed by atoms with Crippen LogP contribution >= 0.6 is 11.3 Å². The molecule has 3 aromatic heterocycles. The Balaban J connectivity index is 1.22. The van der Waals surface area contributed by atoms with Gasteiger partial charge in [0, 0.05) is 18.1 Å². The van der Waals surface area contributed by atoms with E-state index in [1.807, 2.05) is 54.6 Å². The average molecular weight is 431 g/mol. The number of aromatic nitrogens is 3. The molecule has 154 valence electrons. The third-order valence-electron chi connectivity index (χ3n) is 4.78. The van der Waals surface area contributed by atoms with Gasteiger partial charge in [-0.25, -0.2) is 9.97 Å². The summed E-state index contributed by atoms with van der Waals surface area (Å²) in [7, 11) is 0. The number of rotatable bonds is 6. The molecule has 0 atom stereocenters. The number of carbonyl (C=O) groups is 1. The van der Waals surface area contributed by atoms with Gasteiger partial charge in [0.2, 0.25) is 0 Å². The quantitative estimate of drug-likeness (QED) is 0.374. The first-order chi connectivity index (χ1) is 15.2. The molecule has 0 saturated heterocycles. The molecule has 8 heteroatoms. The van der Waals surface area contributed by atoms with Crippen LogP contribution in [0, 0.1) is 0 Å². The third kappa shape index (κ3) is 3.97. The Hall–Kier alpha value is -3.78. The summed E-state index contributed by atoms with van der Waals surface area (Å²) in [6.07, 6.45) is 2.10. The van der Waals surface area contributed by atoms with Crippen molar-refractivity contribution in [1.29, 1.82) is 0 Å². The zero-order chi connectivity index (χ0) is 21.2.